The van der Waals surface area contributed by atoms with Crippen molar-refractivity contribution >= 4 is 21.5 Å². The number of nitrogens with zero attached hydrogens (tertiary/aromatic N) is 8. The lowest BCUT2D eigenvalue weighted by atomic mass is 9.90. The molecule has 14 aromatic carbocycles. The summed E-state index contributed by atoms with van der Waals surface area (Å²) in [5.74, 6) is 3.57. The number of benzene rings is 14. The van der Waals surface area contributed by atoms with Crippen LogP contribution in [0.4, 0.5) is 0 Å². The Labute approximate surface area is 555 Å². The number of hydrogen-bond donors (Lipinski definition) is 0. The van der Waals surface area contributed by atoms with E-state index in [1.54, 1.807) is 0 Å². The summed E-state index contributed by atoms with van der Waals surface area (Å²) in [5, 5.41) is 23.5. The predicted molar refractivity (Wildman–Crippen MR) is 388 cm³/mol. The van der Waals surface area contributed by atoms with Crippen molar-refractivity contribution in [2.24, 2.45) is 0 Å². The molecule has 0 saturated carbocycles. The van der Waals surface area contributed by atoms with E-state index in [2.05, 4.69) is 200 Å². The predicted octanol–water partition coefficient (Wildman–Crippen LogP) is 21.8. The van der Waals surface area contributed by atoms with Gasteiger partial charge in [-0.15, -0.1) is 0 Å². The van der Waals surface area contributed by atoms with Crippen LogP contribution in [0, 0.1) is 22.7 Å². The van der Waals surface area contributed by atoms with Crippen molar-refractivity contribution in [3.8, 4) is 158 Å². The van der Waals surface area contributed by atoms with E-state index >= 15 is 0 Å². The Bertz CT molecular complexity index is 5590. The summed E-state index contributed by atoms with van der Waals surface area (Å²) in [7, 11) is 0. The molecule has 0 amide bonds. The molecule has 0 spiro atoms. The van der Waals surface area contributed by atoms with Gasteiger partial charge in [0.15, 0.2) is 34.9 Å². The molecule has 0 radical (unpaired) electrons. The molecule has 0 atom stereocenters. The van der Waals surface area contributed by atoms with Gasteiger partial charge in [0, 0.05) is 33.4 Å². The van der Waals surface area contributed by atoms with Crippen LogP contribution in [0.15, 0.2) is 328 Å². The van der Waals surface area contributed by atoms with Crippen LogP contribution in [0.25, 0.3) is 168 Å². The summed E-state index contributed by atoms with van der Waals surface area (Å²) in [6, 6.07) is 117. The molecule has 0 aliphatic heterocycles. The fourth-order valence-electron chi connectivity index (χ4n) is 12.6. The summed E-state index contributed by atoms with van der Waals surface area (Å²) in [5.41, 5.74) is 21.7. The minimum atomic E-state index is 0.574. The van der Waals surface area contributed by atoms with Crippen LogP contribution in [-0.4, -0.2) is 29.9 Å². The third-order valence-electron chi connectivity index (χ3n) is 17.7. The first-order valence-electron chi connectivity index (χ1n) is 31.7. The first-order valence-corrected chi connectivity index (χ1v) is 31.7. The Morgan fingerprint density at radius 1 is 0.177 bits per heavy atom. The third kappa shape index (κ3) is 11.7. The lowest BCUT2D eigenvalue weighted by molar-refractivity contribution is 1.07. The van der Waals surface area contributed by atoms with Crippen molar-refractivity contribution in [1.82, 2.24) is 29.9 Å². The first-order chi connectivity index (χ1) is 47.4. The SMILES string of the molecule is N#Cc1ccc(-c2ccc(-c3cc(-c4ccc(-c5nc(-c6ccccc6)nc(-c6ccccc6)n5)cc4)cc4cc(-c5ccc(-c6nc(-c7ccccc7)nc(-c7ccc(-c8cc(-c9ccc(-c%10cccc(C#N)c%10)cc9)c9ccccc9c8)cc7)n6)cc5)ccc34)cc2)cc1. The largest absolute Gasteiger partial charge is 0.208 e. The molecule has 0 fully saturated rings. The molecule has 8 heteroatoms. The van der Waals surface area contributed by atoms with Crippen LogP contribution in [0.5, 0.6) is 0 Å². The zero-order chi connectivity index (χ0) is 64.3. The highest BCUT2D eigenvalue weighted by molar-refractivity contribution is 6.03. The molecule has 16 aromatic rings. The molecule has 8 nitrogen and oxygen atoms in total. The van der Waals surface area contributed by atoms with Crippen LogP contribution in [0.2, 0.25) is 0 Å². The van der Waals surface area contributed by atoms with Crippen LogP contribution >= 0.6 is 0 Å². The Balaban J connectivity index is 0.726. The molecule has 96 heavy (non-hydrogen) atoms. The van der Waals surface area contributed by atoms with Crippen LogP contribution < -0.4 is 0 Å². The van der Waals surface area contributed by atoms with Crippen molar-refractivity contribution in [2.45, 2.75) is 0 Å². The number of hydrogen-bond acceptors (Lipinski definition) is 8. The Kier molecular flexibility index (Phi) is 15.2. The number of rotatable bonds is 13. The summed E-state index contributed by atoms with van der Waals surface area (Å²) in [4.78, 5) is 30.3. The lowest BCUT2D eigenvalue weighted by Crippen LogP contribution is -2.00. The molecule has 446 valence electrons. The van der Waals surface area contributed by atoms with Crippen molar-refractivity contribution in [1.29, 1.82) is 10.5 Å². The van der Waals surface area contributed by atoms with E-state index in [0.29, 0.717) is 46.1 Å². The summed E-state index contributed by atoms with van der Waals surface area (Å²) in [6.07, 6.45) is 0. The van der Waals surface area contributed by atoms with Gasteiger partial charge in [-0.1, -0.05) is 273 Å². The minimum absolute atomic E-state index is 0.574. The van der Waals surface area contributed by atoms with Gasteiger partial charge in [0.05, 0.1) is 23.3 Å². The van der Waals surface area contributed by atoms with E-state index in [0.717, 1.165) is 127 Å². The van der Waals surface area contributed by atoms with Gasteiger partial charge in [-0.3, -0.25) is 0 Å². The highest BCUT2D eigenvalue weighted by Crippen LogP contribution is 2.40. The third-order valence-corrected chi connectivity index (χ3v) is 17.7. The molecule has 0 aliphatic carbocycles. The molecule has 0 aliphatic rings. The molecular weight excluding hydrogens is 1170 g/mol. The Morgan fingerprint density at radius 2 is 0.458 bits per heavy atom. The number of nitriles is 2. The quantitative estimate of drug-likeness (QED) is 0.112. The van der Waals surface area contributed by atoms with Gasteiger partial charge in [0.1, 0.15) is 0 Å². The first kappa shape index (κ1) is 57.7. The van der Waals surface area contributed by atoms with Gasteiger partial charge in [-0.05, 0) is 154 Å². The van der Waals surface area contributed by atoms with Gasteiger partial charge < -0.3 is 0 Å². The van der Waals surface area contributed by atoms with Crippen molar-refractivity contribution < 1.29 is 0 Å². The van der Waals surface area contributed by atoms with Gasteiger partial charge in [0.25, 0.3) is 0 Å². The van der Waals surface area contributed by atoms with Gasteiger partial charge in [-0.25, -0.2) is 29.9 Å². The molecule has 2 heterocycles. The summed E-state index contributed by atoms with van der Waals surface area (Å²) in [6.45, 7) is 0. The minimum Gasteiger partial charge on any atom is -0.208 e. The topological polar surface area (TPSA) is 125 Å². The standard InChI is InChI=1S/C88H54N8/c89-55-57-23-25-59(26-24-57)60-27-37-66(38-28-60)82-54-77(64-35-45-71(46-36-64)86-92-83(67-14-4-1-5-15-67)91-84(93-86)68-16-6-2-7-17-68)52-78-50-74(47-48-80(78)82)62-31-41-70(42-32-62)87-94-85(69-18-8-3-9-19-69)95-88(96-87)72-43-33-63(34-44-72)76-51-75-20-10-11-22-79(75)81(53-76)65-39-29-61(30-40-65)73-21-12-13-58(49-73)56-90/h1-54H. The highest BCUT2D eigenvalue weighted by Gasteiger charge is 2.18. The molecule has 0 bridgehead atoms. The maximum absolute atomic E-state index is 9.54. The molecule has 0 N–H and O–H groups in total. The number of aromatic nitrogens is 6. The van der Waals surface area contributed by atoms with Gasteiger partial charge in [-0.2, -0.15) is 10.5 Å². The monoisotopic (exact) mass is 1220 g/mol. The van der Waals surface area contributed by atoms with E-state index in [1.807, 2.05) is 140 Å². The normalized spacial score (nSPS) is 11.1. The lowest BCUT2D eigenvalue weighted by Gasteiger charge is -2.14. The molecule has 2 aromatic heterocycles. The van der Waals surface area contributed by atoms with E-state index in [-0.39, 0.29) is 0 Å². The highest BCUT2D eigenvalue weighted by atomic mass is 15.0. The second-order valence-corrected chi connectivity index (χ2v) is 23.7. The van der Waals surface area contributed by atoms with Gasteiger partial charge in [0.2, 0.25) is 0 Å². The zero-order valence-electron chi connectivity index (χ0n) is 51.8. The number of fused-ring (bicyclic) bond motifs is 2. The van der Waals surface area contributed by atoms with Crippen molar-refractivity contribution in [3.63, 3.8) is 0 Å². The Morgan fingerprint density at radius 3 is 0.875 bits per heavy atom. The average Bonchev–Trinajstić information content (AvgIpc) is 0.791. The fraction of sp³-hybridized carbons (Fsp3) is 0. The van der Waals surface area contributed by atoms with E-state index in [9.17, 15) is 10.5 Å². The molecule has 0 saturated heterocycles. The second kappa shape index (κ2) is 25.4. The molecule has 0 unspecified atom stereocenters. The Hall–Kier alpha value is -13.4. The van der Waals surface area contributed by atoms with Crippen LogP contribution in [0.1, 0.15) is 11.1 Å². The van der Waals surface area contributed by atoms with Gasteiger partial charge >= 0.3 is 0 Å². The average molecular weight is 1220 g/mol. The van der Waals surface area contributed by atoms with E-state index in [1.165, 1.54) is 5.39 Å². The van der Waals surface area contributed by atoms with E-state index in [4.69, 9.17) is 29.9 Å². The fourth-order valence-corrected chi connectivity index (χ4v) is 12.6. The zero-order valence-corrected chi connectivity index (χ0v) is 51.8. The van der Waals surface area contributed by atoms with Crippen molar-refractivity contribution in [3.05, 3.63) is 339 Å². The maximum Gasteiger partial charge on any atom is 0.164 e. The summed E-state index contributed by atoms with van der Waals surface area (Å²) < 4.78 is 0. The van der Waals surface area contributed by atoms with Crippen LogP contribution in [-0.2, 0) is 0 Å². The van der Waals surface area contributed by atoms with Crippen LogP contribution in [0.3, 0.4) is 0 Å². The van der Waals surface area contributed by atoms with E-state index < -0.39 is 0 Å². The maximum atomic E-state index is 9.54. The second-order valence-electron chi connectivity index (χ2n) is 23.7. The molecular formula is C88H54N8. The summed E-state index contributed by atoms with van der Waals surface area (Å²) >= 11 is 0. The smallest absolute Gasteiger partial charge is 0.164 e. The van der Waals surface area contributed by atoms with Crippen molar-refractivity contribution in [2.75, 3.05) is 0 Å². The molecule has 16 rings (SSSR count).